The molecule has 0 spiro atoms. The Kier molecular flexibility index (Phi) is 7.73. The maximum absolute atomic E-state index is 13.7. The highest BCUT2D eigenvalue weighted by Gasteiger charge is 2.51. The highest BCUT2D eigenvalue weighted by molar-refractivity contribution is 6.48. The van der Waals surface area contributed by atoms with E-state index in [0.717, 1.165) is 22.3 Å². The molecule has 6 heteroatoms. The summed E-state index contributed by atoms with van der Waals surface area (Å²) in [6.07, 6.45) is -1.21. The Morgan fingerprint density at radius 3 is 1.17 bits per heavy atom. The van der Waals surface area contributed by atoms with E-state index in [9.17, 15) is 14.4 Å². The van der Waals surface area contributed by atoms with Crippen LogP contribution in [0.2, 0.25) is 0 Å². The third kappa shape index (κ3) is 4.84. The van der Waals surface area contributed by atoms with E-state index >= 15 is 0 Å². The van der Waals surface area contributed by atoms with Gasteiger partial charge in [-0.15, -0.1) is 0 Å². The number of esters is 1. The van der Waals surface area contributed by atoms with Crippen LogP contribution in [-0.4, -0.2) is 24.1 Å². The SMILES string of the molecule is CC(=O)OC1N(c2c(C(C)C)cccc2C(C)C)C(=O)C(=O)N1c1c(C(C)C)cccc1C(C)C. The minimum Gasteiger partial charge on any atom is -0.422 e. The van der Waals surface area contributed by atoms with Crippen LogP contribution in [0.1, 0.15) is 108 Å². The first kappa shape index (κ1) is 26.5. The molecule has 0 bridgehead atoms. The molecule has 35 heavy (non-hydrogen) atoms. The van der Waals surface area contributed by atoms with Gasteiger partial charge in [0.15, 0.2) is 0 Å². The summed E-state index contributed by atoms with van der Waals surface area (Å²) < 4.78 is 5.80. The Bertz CT molecular complexity index is 999. The van der Waals surface area contributed by atoms with Gasteiger partial charge in [-0.2, -0.15) is 0 Å². The molecular weight excluding hydrogens is 440 g/mol. The number of benzene rings is 2. The molecule has 0 radical (unpaired) electrons. The van der Waals surface area contributed by atoms with Crippen LogP contribution in [0.5, 0.6) is 0 Å². The standard InChI is InChI=1S/C29H38N2O4/c1-16(2)21-12-10-13-22(17(3)4)25(21)30-27(33)28(34)31(29(30)35-20(9)32)26-23(18(5)6)14-11-15-24(26)19(7)8/h10-19,29H,1-9H3. The molecule has 1 aliphatic rings. The molecule has 2 aromatic rings. The van der Waals surface area contributed by atoms with Crippen LogP contribution < -0.4 is 9.80 Å². The maximum atomic E-state index is 13.7. The van der Waals surface area contributed by atoms with E-state index < -0.39 is 24.1 Å². The topological polar surface area (TPSA) is 66.9 Å². The van der Waals surface area contributed by atoms with E-state index in [-0.39, 0.29) is 23.7 Å². The minimum absolute atomic E-state index is 0.0906. The average molecular weight is 479 g/mol. The van der Waals surface area contributed by atoms with Crippen molar-refractivity contribution < 1.29 is 19.1 Å². The second-order valence-electron chi connectivity index (χ2n) is 10.5. The summed E-state index contributed by atoms with van der Waals surface area (Å²) in [4.78, 5) is 42.6. The first-order chi connectivity index (χ1) is 16.4. The molecule has 0 atom stereocenters. The Morgan fingerprint density at radius 2 is 0.943 bits per heavy atom. The van der Waals surface area contributed by atoms with Crippen molar-refractivity contribution in [1.29, 1.82) is 0 Å². The lowest BCUT2D eigenvalue weighted by atomic mass is 9.91. The predicted octanol–water partition coefficient (Wildman–Crippen LogP) is 6.41. The van der Waals surface area contributed by atoms with Gasteiger partial charge in [-0.05, 0) is 45.9 Å². The minimum atomic E-state index is -1.21. The van der Waals surface area contributed by atoms with Gasteiger partial charge in [0.05, 0.1) is 11.4 Å². The molecular formula is C29H38N2O4. The molecule has 0 aromatic heterocycles. The number of anilines is 2. The molecule has 1 heterocycles. The first-order valence-electron chi connectivity index (χ1n) is 12.5. The number of para-hydroxylation sites is 2. The smallest absolute Gasteiger partial charge is 0.321 e. The Morgan fingerprint density at radius 1 is 0.657 bits per heavy atom. The number of ether oxygens (including phenoxy) is 1. The average Bonchev–Trinajstić information content (AvgIpc) is 3.00. The fourth-order valence-corrected chi connectivity index (χ4v) is 4.78. The summed E-state index contributed by atoms with van der Waals surface area (Å²) in [7, 11) is 0. The largest absolute Gasteiger partial charge is 0.422 e. The molecule has 3 rings (SSSR count). The first-order valence-corrected chi connectivity index (χ1v) is 12.5. The Labute approximate surface area is 209 Å². The van der Waals surface area contributed by atoms with Crippen LogP contribution in [0, 0.1) is 0 Å². The van der Waals surface area contributed by atoms with Crippen molar-refractivity contribution in [3.05, 3.63) is 58.7 Å². The molecule has 0 unspecified atom stereocenters. The maximum Gasteiger partial charge on any atom is 0.321 e. The Hall–Kier alpha value is -3.15. The number of amides is 2. The quantitative estimate of drug-likeness (QED) is 0.341. The van der Waals surface area contributed by atoms with Crippen LogP contribution in [0.25, 0.3) is 0 Å². The molecule has 188 valence electrons. The third-order valence-electron chi connectivity index (χ3n) is 6.50. The highest BCUT2D eigenvalue weighted by Crippen LogP contribution is 2.43. The van der Waals surface area contributed by atoms with Crippen molar-refractivity contribution in [3.63, 3.8) is 0 Å². The van der Waals surface area contributed by atoms with Crippen molar-refractivity contribution in [2.24, 2.45) is 0 Å². The number of carbonyl (C=O) groups excluding carboxylic acids is 3. The van der Waals surface area contributed by atoms with E-state index in [1.807, 2.05) is 36.4 Å². The Balaban J connectivity index is 2.37. The summed E-state index contributed by atoms with van der Waals surface area (Å²) in [5.41, 5.74) is 5.01. The predicted molar refractivity (Wildman–Crippen MR) is 140 cm³/mol. The van der Waals surface area contributed by atoms with Crippen LogP contribution in [0.3, 0.4) is 0 Å². The molecule has 1 saturated heterocycles. The molecule has 1 fully saturated rings. The van der Waals surface area contributed by atoms with E-state index in [2.05, 4.69) is 55.4 Å². The monoisotopic (exact) mass is 478 g/mol. The lowest BCUT2D eigenvalue weighted by Crippen LogP contribution is -2.45. The van der Waals surface area contributed by atoms with Crippen LogP contribution in [0.15, 0.2) is 36.4 Å². The molecule has 0 N–H and O–H groups in total. The van der Waals surface area contributed by atoms with Gasteiger partial charge >= 0.3 is 17.8 Å². The fourth-order valence-electron chi connectivity index (χ4n) is 4.78. The summed E-state index contributed by atoms with van der Waals surface area (Å²) in [5.74, 6) is -1.59. The number of carbonyl (C=O) groups is 3. The summed E-state index contributed by atoms with van der Waals surface area (Å²) >= 11 is 0. The number of rotatable bonds is 7. The lowest BCUT2D eigenvalue weighted by Gasteiger charge is -2.34. The summed E-state index contributed by atoms with van der Waals surface area (Å²) in [5, 5.41) is 0. The van der Waals surface area contributed by atoms with Gasteiger partial charge in [0.25, 0.3) is 6.35 Å². The van der Waals surface area contributed by atoms with Crippen molar-refractivity contribution in [2.75, 3.05) is 9.80 Å². The van der Waals surface area contributed by atoms with Gasteiger partial charge in [0, 0.05) is 6.92 Å². The zero-order valence-corrected chi connectivity index (χ0v) is 22.4. The van der Waals surface area contributed by atoms with E-state index in [1.54, 1.807) is 0 Å². The molecule has 1 aliphatic heterocycles. The van der Waals surface area contributed by atoms with E-state index in [4.69, 9.17) is 4.74 Å². The highest BCUT2D eigenvalue weighted by atomic mass is 16.6. The number of hydrogen-bond donors (Lipinski definition) is 0. The van der Waals surface area contributed by atoms with Crippen molar-refractivity contribution >= 4 is 29.2 Å². The second kappa shape index (κ2) is 10.2. The normalized spacial score (nSPS) is 14.9. The van der Waals surface area contributed by atoms with Crippen molar-refractivity contribution in [3.8, 4) is 0 Å². The van der Waals surface area contributed by atoms with Crippen LogP contribution >= 0.6 is 0 Å². The van der Waals surface area contributed by atoms with Gasteiger partial charge in [-0.3, -0.25) is 14.4 Å². The number of nitrogens with zero attached hydrogens (tertiary/aromatic N) is 2. The van der Waals surface area contributed by atoms with Gasteiger partial charge in [0.2, 0.25) is 0 Å². The lowest BCUT2D eigenvalue weighted by molar-refractivity contribution is -0.145. The van der Waals surface area contributed by atoms with Gasteiger partial charge in [-0.1, -0.05) is 91.8 Å². The fraction of sp³-hybridized carbons (Fsp3) is 0.483. The zero-order chi connectivity index (χ0) is 26.2. The summed E-state index contributed by atoms with van der Waals surface area (Å²) in [6.45, 7) is 17.7. The summed E-state index contributed by atoms with van der Waals surface area (Å²) in [6, 6.07) is 11.8. The number of hydrogen-bond acceptors (Lipinski definition) is 4. The second-order valence-corrected chi connectivity index (χ2v) is 10.5. The zero-order valence-electron chi connectivity index (χ0n) is 22.4. The molecule has 2 aromatic carbocycles. The van der Waals surface area contributed by atoms with E-state index in [1.165, 1.54) is 16.7 Å². The molecule has 2 amide bonds. The molecule has 0 aliphatic carbocycles. The molecule has 6 nitrogen and oxygen atoms in total. The molecule has 0 saturated carbocycles. The van der Waals surface area contributed by atoms with Gasteiger partial charge < -0.3 is 4.74 Å². The van der Waals surface area contributed by atoms with Crippen LogP contribution in [-0.2, 0) is 19.1 Å². The van der Waals surface area contributed by atoms with E-state index in [0.29, 0.717) is 11.4 Å². The van der Waals surface area contributed by atoms with Crippen LogP contribution in [0.4, 0.5) is 11.4 Å². The third-order valence-corrected chi connectivity index (χ3v) is 6.50. The van der Waals surface area contributed by atoms with Gasteiger partial charge in [0.1, 0.15) is 0 Å². The van der Waals surface area contributed by atoms with Crippen molar-refractivity contribution in [1.82, 2.24) is 0 Å². The van der Waals surface area contributed by atoms with Crippen molar-refractivity contribution in [2.45, 2.75) is 92.3 Å². The van der Waals surface area contributed by atoms with Gasteiger partial charge in [-0.25, -0.2) is 9.80 Å².